The lowest BCUT2D eigenvalue weighted by Gasteiger charge is -2.11. The lowest BCUT2D eigenvalue weighted by atomic mass is 10.2. The molecule has 10 nitrogen and oxygen atoms in total. The number of carbonyl (C=O) groups is 5. The first-order valence-electron chi connectivity index (χ1n) is 7.13. The number of carbonyl (C=O) groups excluding carboxylic acids is 5. The molecule has 1 N–H and O–H groups in total. The zero-order valence-corrected chi connectivity index (χ0v) is 13.9. The number of imide groups is 2. The van der Waals surface area contributed by atoms with Crippen molar-refractivity contribution in [1.29, 1.82) is 0 Å². The summed E-state index contributed by atoms with van der Waals surface area (Å²) in [6.45, 7) is 0. The van der Waals surface area contributed by atoms with Crippen molar-refractivity contribution in [2.24, 2.45) is 0 Å². The van der Waals surface area contributed by atoms with Crippen molar-refractivity contribution >= 4 is 38.9 Å². The quantitative estimate of drug-likeness (QED) is 0.687. The molecule has 2 aliphatic heterocycles. The summed E-state index contributed by atoms with van der Waals surface area (Å²) in [5.41, 5.74) is -0.110. The molecular formula is C15H12N2O8S. The molecule has 3 rings (SSSR count). The van der Waals surface area contributed by atoms with E-state index >= 15 is 0 Å². The van der Waals surface area contributed by atoms with Gasteiger partial charge in [0, 0.05) is 30.6 Å². The summed E-state index contributed by atoms with van der Waals surface area (Å²) in [5.74, 6) is -2.22. The van der Waals surface area contributed by atoms with Crippen molar-refractivity contribution in [3.8, 4) is 0 Å². The number of hydroxylamine groups is 2. The largest absolute Gasteiger partial charge is 0.357 e. The molecule has 0 aromatic heterocycles. The third kappa shape index (κ3) is 4.68. The van der Waals surface area contributed by atoms with Crippen molar-refractivity contribution < 1.29 is 36.7 Å². The van der Waals surface area contributed by atoms with Gasteiger partial charge in [-0.2, -0.15) is 8.42 Å². The highest BCUT2D eigenvalue weighted by Crippen LogP contribution is 2.16. The van der Waals surface area contributed by atoms with Gasteiger partial charge in [0.2, 0.25) is 0 Å². The molecular weight excluding hydrogens is 368 g/mol. The molecule has 0 saturated carbocycles. The number of amides is 4. The van der Waals surface area contributed by atoms with Crippen LogP contribution in [0.5, 0.6) is 0 Å². The van der Waals surface area contributed by atoms with Crippen LogP contribution in [-0.4, -0.2) is 42.2 Å². The average molecular weight is 380 g/mol. The third-order valence-corrected chi connectivity index (χ3v) is 4.08. The second-order valence-electron chi connectivity index (χ2n) is 4.95. The van der Waals surface area contributed by atoms with Gasteiger partial charge in [-0.1, -0.05) is 30.3 Å². The highest BCUT2D eigenvalue weighted by atomic mass is 32.2. The van der Waals surface area contributed by atoms with E-state index in [1.165, 1.54) is 36.4 Å². The Morgan fingerprint density at radius 2 is 1.42 bits per heavy atom. The van der Waals surface area contributed by atoms with Crippen LogP contribution in [0.4, 0.5) is 0 Å². The van der Waals surface area contributed by atoms with Gasteiger partial charge < -0.3 is 0 Å². The van der Waals surface area contributed by atoms with Crippen molar-refractivity contribution in [2.45, 2.75) is 12.8 Å². The zero-order chi connectivity index (χ0) is 19.3. The third-order valence-electron chi connectivity index (χ3n) is 3.05. The summed E-state index contributed by atoms with van der Waals surface area (Å²) in [6.07, 6.45) is 2.13. The van der Waals surface area contributed by atoms with Crippen LogP contribution in [0.3, 0.4) is 0 Å². The maximum absolute atomic E-state index is 11.7. The first-order chi connectivity index (χ1) is 12.2. The molecule has 4 amide bonds. The van der Waals surface area contributed by atoms with Crippen LogP contribution in [0.2, 0.25) is 0 Å². The summed E-state index contributed by atoms with van der Waals surface area (Å²) < 4.78 is 27.6. The number of hydrogen-bond donors (Lipinski definition) is 1. The van der Waals surface area contributed by atoms with Crippen LogP contribution in [0.1, 0.15) is 23.2 Å². The second kappa shape index (κ2) is 7.80. The van der Waals surface area contributed by atoms with Crippen molar-refractivity contribution in [3.63, 3.8) is 0 Å². The Morgan fingerprint density at radius 1 is 0.923 bits per heavy atom. The van der Waals surface area contributed by atoms with Crippen LogP contribution in [0.25, 0.3) is 0 Å². The molecule has 0 aliphatic carbocycles. The van der Waals surface area contributed by atoms with Crippen molar-refractivity contribution in [2.75, 3.05) is 0 Å². The number of nitrogens with zero attached hydrogens (tertiary/aromatic N) is 1. The molecule has 0 radical (unpaired) electrons. The van der Waals surface area contributed by atoms with Gasteiger partial charge in [0.1, 0.15) is 0 Å². The summed E-state index contributed by atoms with van der Waals surface area (Å²) >= 11 is 0. The molecule has 26 heavy (non-hydrogen) atoms. The van der Waals surface area contributed by atoms with Gasteiger partial charge >= 0.3 is 15.2 Å². The average Bonchev–Trinajstić information content (AvgIpc) is 3.14. The highest BCUT2D eigenvalue weighted by Gasteiger charge is 2.37. The SMILES string of the molecule is O=C1C=CC(=O)N1.O=C1CCC(=O)N1OS(=O)(=O)C(=O)c1ccccc1. The van der Waals surface area contributed by atoms with Crippen LogP contribution >= 0.6 is 0 Å². The zero-order valence-electron chi connectivity index (χ0n) is 13.1. The van der Waals surface area contributed by atoms with Crippen LogP contribution in [0.15, 0.2) is 42.5 Å². The van der Waals surface area contributed by atoms with E-state index in [1.54, 1.807) is 6.07 Å². The molecule has 1 aromatic rings. The fourth-order valence-electron chi connectivity index (χ4n) is 1.85. The van der Waals surface area contributed by atoms with Gasteiger partial charge in [0.25, 0.3) is 23.6 Å². The summed E-state index contributed by atoms with van der Waals surface area (Å²) in [6, 6.07) is 7.15. The molecule has 0 spiro atoms. The molecule has 0 atom stereocenters. The summed E-state index contributed by atoms with van der Waals surface area (Å²) in [5, 5.41) is 0.844. The number of benzene rings is 1. The van der Waals surface area contributed by atoms with Gasteiger partial charge in [0.15, 0.2) is 0 Å². The first kappa shape index (κ1) is 19.1. The van der Waals surface area contributed by atoms with E-state index < -0.39 is 27.0 Å². The number of nitrogens with one attached hydrogen (secondary N) is 1. The lowest BCUT2D eigenvalue weighted by molar-refractivity contribution is -0.163. The van der Waals surface area contributed by atoms with E-state index in [-0.39, 0.29) is 35.3 Å². The van der Waals surface area contributed by atoms with Crippen LogP contribution in [0, 0.1) is 0 Å². The molecule has 2 heterocycles. The van der Waals surface area contributed by atoms with E-state index in [9.17, 15) is 32.4 Å². The van der Waals surface area contributed by atoms with Crippen molar-refractivity contribution in [3.05, 3.63) is 48.0 Å². The molecule has 1 aromatic carbocycles. The van der Waals surface area contributed by atoms with Gasteiger partial charge in [-0.05, 0) is 0 Å². The summed E-state index contributed by atoms with van der Waals surface area (Å²) in [4.78, 5) is 54.2. The standard InChI is InChI=1S/C11H9NO6S.C4H3NO2/c13-9-6-7-10(14)12(9)18-19(16,17)11(15)8-4-2-1-3-5-8;6-3-1-2-4(7)5-3/h1-5H,6-7H2;1-2H,(H,5,6,7). The Balaban J connectivity index is 0.000000290. The van der Waals surface area contributed by atoms with E-state index in [4.69, 9.17) is 0 Å². The van der Waals surface area contributed by atoms with E-state index in [0.29, 0.717) is 0 Å². The Morgan fingerprint density at radius 3 is 1.85 bits per heavy atom. The van der Waals surface area contributed by atoms with Crippen LogP contribution < -0.4 is 5.32 Å². The predicted octanol–water partition coefficient (Wildman–Crippen LogP) is -0.564. The maximum atomic E-state index is 11.7. The fraction of sp³-hybridized carbons (Fsp3) is 0.133. The van der Waals surface area contributed by atoms with Crippen molar-refractivity contribution in [1.82, 2.24) is 10.4 Å². The highest BCUT2D eigenvalue weighted by molar-refractivity contribution is 8.02. The maximum Gasteiger partial charge on any atom is 0.357 e. The minimum Gasteiger partial charge on any atom is -0.289 e. The van der Waals surface area contributed by atoms with E-state index in [2.05, 4.69) is 4.28 Å². The van der Waals surface area contributed by atoms with Crippen LogP contribution in [-0.2, 0) is 33.6 Å². The Kier molecular flexibility index (Phi) is 5.75. The first-order valence-corrected chi connectivity index (χ1v) is 8.54. The minimum atomic E-state index is -4.72. The Hall–Kier alpha value is -3.18. The molecule has 2 aliphatic rings. The van der Waals surface area contributed by atoms with Gasteiger partial charge in [0.05, 0.1) is 0 Å². The fourth-order valence-corrected chi connectivity index (χ4v) is 2.70. The molecule has 1 fully saturated rings. The monoisotopic (exact) mass is 380 g/mol. The predicted molar refractivity (Wildman–Crippen MR) is 84.2 cm³/mol. The minimum absolute atomic E-state index is 0.110. The smallest absolute Gasteiger partial charge is 0.289 e. The van der Waals surface area contributed by atoms with Gasteiger partial charge in [-0.3, -0.25) is 29.3 Å². The summed E-state index contributed by atoms with van der Waals surface area (Å²) in [7, 11) is -4.72. The second-order valence-corrected chi connectivity index (χ2v) is 6.38. The Bertz CT molecular complexity index is 873. The normalized spacial score (nSPS) is 16.4. The lowest BCUT2D eigenvalue weighted by Crippen LogP contribution is -2.34. The molecule has 1 saturated heterocycles. The van der Waals surface area contributed by atoms with Gasteiger partial charge in [-0.15, -0.1) is 9.35 Å². The molecule has 11 heteroatoms. The molecule has 136 valence electrons. The van der Waals surface area contributed by atoms with Gasteiger partial charge in [-0.25, -0.2) is 0 Å². The number of hydrogen-bond acceptors (Lipinski definition) is 8. The van der Waals surface area contributed by atoms with E-state index in [0.717, 1.165) is 0 Å². The molecule has 0 unspecified atom stereocenters. The topological polar surface area (TPSA) is 144 Å². The van der Waals surface area contributed by atoms with E-state index in [1.807, 2.05) is 5.32 Å². The Labute approximate surface area is 147 Å². The number of rotatable bonds is 3. The molecule has 0 bridgehead atoms.